The molecule has 0 fully saturated rings. The first-order chi connectivity index (χ1) is 27.8. The summed E-state index contributed by atoms with van der Waals surface area (Å²) in [7, 11) is 0. The van der Waals surface area contributed by atoms with E-state index in [1.54, 1.807) is 0 Å². The van der Waals surface area contributed by atoms with Crippen molar-refractivity contribution in [1.82, 2.24) is 19.5 Å². The highest BCUT2D eigenvalue weighted by atomic mass is 32.1. The molecule has 0 aliphatic carbocycles. The van der Waals surface area contributed by atoms with Crippen LogP contribution in [0.3, 0.4) is 0 Å². The summed E-state index contributed by atoms with van der Waals surface area (Å²) in [5.41, 5.74) is 11.2. The third-order valence-electron chi connectivity index (χ3n) is 10.7. The molecule has 11 aromatic rings. The standard InChI is InChI=1S/C51H32N4S/c1-5-14-33(15-6-1)38-28-29-41-42-30-31-44-43-23-13-22-40(47(43)56-48(44)46(42)55(45(41)32-38)39-20-11-4-12-21-39)34-24-26-37(27-25-34)51-53-49(35-16-7-2-8-17-35)52-50(54-51)36-18-9-3-10-19-36/h1-32H. The van der Waals surface area contributed by atoms with E-state index in [-0.39, 0.29) is 0 Å². The van der Waals surface area contributed by atoms with Gasteiger partial charge in [0.15, 0.2) is 17.5 Å². The fraction of sp³-hybridized carbons (Fsp3) is 0. The van der Waals surface area contributed by atoms with Gasteiger partial charge in [0.25, 0.3) is 0 Å². The minimum atomic E-state index is 0.649. The van der Waals surface area contributed by atoms with Crippen LogP contribution in [0.4, 0.5) is 0 Å². The van der Waals surface area contributed by atoms with Gasteiger partial charge in [-0.15, -0.1) is 11.3 Å². The highest BCUT2D eigenvalue weighted by Gasteiger charge is 2.20. The molecule has 3 heterocycles. The van der Waals surface area contributed by atoms with Gasteiger partial charge in [-0.05, 0) is 40.5 Å². The highest BCUT2D eigenvalue weighted by Crippen LogP contribution is 2.46. The SMILES string of the molecule is c1ccc(-c2ccc3c4ccc5c6cccc(-c7ccc(-c8nc(-c9ccccc9)nc(-c9ccccc9)n8)cc7)c6sc5c4n(-c4ccccc4)c3c2)cc1. The fourth-order valence-corrected chi connectivity index (χ4v) is 9.34. The van der Waals surface area contributed by atoms with Crippen LogP contribution in [0.2, 0.25) is 0 Å². The summed E-state index contributed by atoms with van der Waals surface area (Å²) in [6, 6.07) is 68.5. The van der Waals surface area contributed by atoms with Gasteiger partial charge in [-0.3, -0.25) is 0 Å². The minimum Gasteiger partial charge on any atom is -0.308 e. The number of aromatic nitrogens is 4. The molecule has 56 heavy (non-hydrogen) atoms. The van der Waals surface area contributed by atoms with Crippen LogP contribution in [0.5, 0.6) is 0 Å². The Hall–Kier alpha value is -7.21. The van der Waals surface area contributed by atoms with Crippen LogP contribution < -0.4 is 0 Å². The number of hydrogen-bond acceptors (Lipinski definition) is 4. The molecule has 0 N–H and O–H groups in total. The lowest BCUT2D eigenvalue weighted by Crippen LogP contribution is -2.00. The second-order valence-corrected chi connectivity index (χ2v) is 15.0. The third kappa shape index (κ3) is 5.40. The Morgan fingerprint density at radius 2 is 0.821 bits per heavy atom. The van der Waals surface area contributed by atoms with E-state index in [1.807, 2.05) is 72.0 Å². The molecule has 8 aromatic carbocycles. The Morgan fingerprint density at radius 3 is 1.45 bits per heavy atom. The number of benzene rings is 8. The van der Waals surface area contributed by atoms with E-state index in [0.29, 0.717) is 17.5 Å². The van der Waals surface area contributed by atoms with Gasteiger partial charge in [-0.25, -0.2) is 15.0 Å². The topological polar surface area (TPSA) is 43.6 Å². The van der Waals surface area contributed by atoms with Crippen LogP contribution in [-0.2, 0) is 0 Å². The zero-order chi connectivity index (χ0) is 37.0. The smallest absolute Gasteiger partial charge is 0.164 e. The van der Waals surface area contributed by atoms with Crippen molar-refractivity contribution >= 4 is 53.3 Å². The van der Waals surface area contributed by atoms with Crippen molar-refractivity contribution in [2.75, 3.05) is 0 Å². The quantitative estimate of drug-likeness (QED) is 0.171. The molecule has 0 amide bonds. The molecule has 0 bridgehead atoms. The van der Waals surface area contributed by atoms with Gasteiger partial charge in [-0.2, -0.15) is 0 Å². The summed E-state index contributed by atoms with van der Waals surface area (Å²) < 4.78 is 5.02. The van der Waals surface area contributed by atoms with Crippen LogP contribution in [-0.4, -0.2) is 19.5 Å². The van der Waals surface area contributed by atoms with Crippen LogP contribution in [0, 0.1) is 0 Å². The van der Waals surface area contributed by atoms with E-state index >= 15 is 0 Å². The molecule has 0 radical (unpaired) electrons. The lowest BCUT2D eigenvalue weighted by Gasteiger charge is -2.09. The molecule has 0 unspecified atom stereocenters. The average molecular weight is 733 g/mol. The summed E-state index contributed by atoms with van der Waals surface area (Å²) in [5, 5.41) is 5.05. The number of nitrogens with zero attached hydrogens (tertiary/aromatic N) is 4. The largest absolute Gasteiger partial charge is 0.308 e. The predicted molar refractivity (Wildman–Crippen MR) is 234 cm³/mol. The monoisotopic (exact) mass is 732 g/mol. The summed E-state index contributed by atoms with van der Waals surface area (Å²) >= 11 is 1.88. The van der Waals surface area contributed by atoms with Crippen LogP contribution in [0.15, 0.2) is 194 Å². The molecule has 4 nitrogen and oxygen atoms in total. The zero-order valence-corrected chi connectivity index (χ0v) is 31.0. The zero-order valence-electron chi connectivity index (χ0n) is 30.2. The number of thiophene rings is 1. The number of rotatable bonds is 6. The summed E-state index contributed by atoms with van der Waals surface area (Å²) in [4.78, 5) is 14.8. The first-order valence-corrected chi connectivity index (χ1v) is 19.6. The van der Waals surface area contributed by atoms with Crippen molar-refractivity contribution in [3.05, 3.63) is 194 Å². The maximum Gasteiger partial charge on any atom is 0.164 e. The Morgan fingerprint density at radius 1 is 0.339 bits per heavy atom. The van der Waals surface area contributed by atoms with Gasteiger partial charge in [0.2, 0.25) is 0 Å². The highest BCUT2D eigenvalue weighted by molar-refractivity contribution is 7.27. The molecule has 0 aliphatic heterocycles. The molecule has 0 saturated carbocycles. The number of para-hydroxylation sites is 1. The number of hydrogen-bond donors (Lipinski definition) is 0. The molecule has 0 atom stereocenters. The molecule has 5 heteroatoms. The third-order valence-corrected chi connectivity index (χ3v) is 11.9. The maximum absolute atomic E-state index is 4.96. The van der Waals surface area contributed by atoms with E-state index < -0.39 is 0 Å². The van der Waals surface area contributed by atoms with Crippen LogP contribution >= 0.6 is 11.3 Å². The van der Waals surface area contributed by atoms with Gasteiger partial charge >= 0.3 is 0 Å². The van der Waals surface area contributed by atoms with Gasteiger partial charge < -0.3 is 4.57 Å². The second-order valence-electron chi connectivity index (χ2n) is 14.0. The van der Waals surface area contributed by atoms with Crippen molar-refractivity contribution in [3.8, 4) is 62.1 Å². The Kier molecular flexibility index (Phi) is 7.64. The summed E-state index contributed by atoms with van der Waals surface area (Å²) in [5.74, 6) is 1.96. The molecular weight excluding hydrogens is 701 g/mol. The van der Waals surface area contributed by atoms with Crippen molar-refractivity contribution in [2.24, 2.45) is 0 Å². The van der Waals surface area contributed by atoms with Crippen molar-refractivity contribution < 1.29 is 0 Å². The van der Waals surface area contributed by atoms with Crippen molar-refractivity contribution in [1.29, 1.82) is 0 Å². The second kappa shape index (κ2) is 13.3. The summed E-state index contributed by atoms with van der Waals surface area (Å²) in [6.45, 7) is 0. The van der Waals surface area contributed by atoms with Crippen LogP contribution in [0.25, 0.3) is 104 Å². The van der Waals surface area contributed by atoms with E-state index in [0.717, 1.165) is 27.9 Å². The molecule has 262 valence electrons. The molecule has 0 saturated heterocycles. The van der Waals surface area contributed by atoms with Gasteiger partial charge in [0.05, 0.1) is 15.7 Å². The lowest BCUT2D eigenvalue weighted by atomic mass is 10.0. The van der Waals surface area contributed by atoms with E-state index in [9.17, 15) is 0 Å². The van der Waals surface area contributed by atoms with Gasteiger partial charge in [-0.1, -0.05) is 176 Å². The van der Waals surface area contributed by atoms with E-state index in [1.165, 1.54) is 58.7 Å². The Labute approximate surface area is 327 Å². The fourth-order valence-electron chi connectivity index (χ4n) is 7.97. The maximum atomic E-state index is 4.96. The van der Waals surface area contributed by atoms with Crippen molar-refractivity contribution in [2.45, 2.75) is 0 Å². The predicted octanol–water partition coefficient (Wildman–Crippen LogP) is 13.7. The molecule has 0 spiro atoms. The summed E-state index contributed by atoms with van der Waals surface area (Å²) in [6.07, 6.45) is 0. The first-order valence-electron chi connectivity index (χ1n) is 18.8. The molecule has 3 aromatic heterocycles. The molecular formula is C51H32N4S. The average Bonchev–Trinajstić information content (AvgIpc) is 3.83. The first kappa shape index (κ1) is 32.2. The van der Waals surface area contributed by atoms with E-state index in [4.69, 9.17) is 15.0 Å². The Balaban J connectivity index is 1.07. The van der Waals surface area contributed by atoms with Gasteiger partial charge in [0, 0.05) is 48.6 Å². The normalized spacial score (nSPS) is 11.6. The molecule has 11 rings (SSSR count). The molecule has 0 aliphatic rings. The van der Waals surface area contributed by atoms with Crippen LogP contribution in [0.1, 0.15) is 0 Å². The van der Waals surface area contributed by atoms with Crippen molar-refractivity contribution in [3.63, 3.8) is 0 Å². The lowest BCUT2D eigenvalue weighted by molar-refractivity contribution is 1.07. The number of fused-ring (bicyclic) bond motifs is 7. The van der Waals surface area contributed by atoms with Gasteiger partial charge in [0.1, 0.15) is 0 Å². The minimum absolute atomic E-state index is 0.649. The van der Waals surface area contributed by atoms with E-state index in [2.05, 4.69) is 138 Å². The Bertz CT molecular complexity index is 3150.